The van der Waals surface area contributed by atoms with E-state index in [-0.39, 0.29) is 24.3 Å². The molecule has 0 unspecified atom stereocenters. The average Bonchev–Trinajstić information content (AvgIpc) is 2.91. The van der Waals surface area contributed by atoms with Crippen LogP contribution in [0.25, 0.3) is 11.1 Å². The molecule has 3 amide bonds. The van der Waals surface area contributed by atoms with E-state index >= 15 is 0 Å². The molecule has 1 aliphatic rings. The summed E-state index contributed by atoms with van der Waals surface area (Å²) in [6.45, 7) is 1.66. The molecule has 1 saturated heterocycles. The topological polar surface area (TPSA) is 79.0 Å². The zero-order valence-corrected chi connectivity index (χ0v) is 19.1. The van der Waals surface area contributed by atoms with E-state index in [1.54, 1.807) is 53.3 Å². The molecule has 0 spiro atoms. The smallest absolute Gasteiger partial charge is 0.254 e. The Morgan fingerprint density at radius 3 is 2.09 bits per heavy atom. The third-order valence-corrected chi connectivity index (χ3v) is 5.89. The highest BCUT2D eigenvalue weighted by atomic mass is 16.5. The van der Waals surface area contributed by atoms with Gasteiger partial charge < -0.3 is 19.9 Å². The normalized spacial score (nSPS) is 13.3. The number of hydrogen-bond acceptors (Lipinski definition) is 4. The van der Waals surface area contributed by atoms with Crippen LogP contribution in [0.3, 0.4) is 0 Å². The Bertz CT molecular complexity index is 1150. The molecule has 34 heavy (non-hydrogen) atoms. The summed E-state index contributed by atoms with van der Waals surface area (Å²) in [5.41, 5.74) is 3.16. The number of piperazine rings is 1. The van der Waals surface area contributed by atoms with Crippen LogP contribution in [0.1, 0.15) is 20.7 Å². The third kappa shape index (κ3) is 5.43. The average molecular weight is 458 g/mol. The second kappa shape index (κ2) is 10.7. The van der Waals surface area contributed by atoms with Crippen LogP contribution in [0.2, 0.25) is 0 Å². The molecule has 0 atom stereocenters. The number of methoxy groups -OCH3 is 1. The van der Waals surface area contributed by atoms with E-state index in [9.17, 15) is 14.4 Å². The number of carbonyl (C=O) groups excluding carboxylic acids is 3. The van der Waals surface area contributed by atoms with Gasteiger partial charge in [0.1, 0.15) is 5.75 Å². The van der Waals surface area contributed by atoms with Gasteiger partial charge in [-0.15, -0.1) is 0 Å². The van der Waals surface area contributed by atoms with Crippen LogP contribution in [0.5, 0.6) is 5.75 Å². The zero-order chi connectivity index (χ0) is 23.9. The van der Waals surface area contributed by atoms with E-state index in [1.807, 2.05) is 42.5 Å². The third-order valence-electron chi connectivity index (χ3n) is 5.89. The summed E-state index contributed by atoms with van der Waals surface area (Å²) in [5.74, 6) is 0.0888. The van der Waals surface area contributed by atoms with Gasteiger partial charge in [-0.3, -0.25) is 14.4 Å². The first-order valence-electron chi connectivity index (χ1n) is 11.2. The highest BCUT2D eigenvalue weighted by molar-refractivity contribution is 5.97. The largest absolute Gasteiger partial charge is 0.497 e. The molecule has 4 rings (SSSR count). The minimum atomic E-state index is -0.292. The number of benzene rings is 3. The van der Waals surface area contributed by atoms with Crippen molar-refractivity contribution in [2.24, 2.45) is 0 Å². The molecule has 7 nitrogen and oxygen atoms in total. The van der Waals surface area contributed by atoms with Crippen molar-refractivity contribution >= 4 is 17.7 Å². The predicted molar refractivity (Wildman–Crippen MR) is 130 cm³/mol. The van der Waals surface area contributed by atoms with Gasteiger partial charge in [-0.25, -0.2) is 0 Å². The van der Waals surface area contributed by atoms with Gasteiger partial charge in [-0.2, -0.15) is 0 Å². The molecule has 3 aromatic carbocycles. The summed E-state index contributed by atoms with van der Waals surface area (Å²) in [5, 5.41) is 2.70. The summed E-state index contributed by atoms with van der Waals surface area (Å²) in [7, 11) is 1.56. The van der Waals surface area contributed by atoms with E-state index in [1.165, 1.54) is 0 Å². The van der Waals surface area contributed by atoms with Crippen molar-refractivity contribution in [2.45, 2.75) is 0 Å². The lowest BCUT2D eigenvalue weighted by atomic mass is 10.0. The fraction of sp³-hybridized carbons (Fsp3) is 0.222. The lowest BCUT2D eigenvalue weighted by Gasteiger charge is -2.35. The van der Waals surface area contributed by atoms with Gasteiger partial charge in [0.05, 0.1) is 13.7 Å². The Kier molecular flexibility index (Phi) is 7.22. The number of hydrogen-bond donors (Lipinski definition) is 1. The van der Waals surface area contributed by atoms with E-state index < -0.39 is 0 Å². The van der Waals surface area contributed by atoms with E-state index in [0.717, 1.165) is 11.1 Å². The summed E-state index contributed by atoms with van der Waals surface area (Å²) in [6.07, 6.45) is 0. The second-order valence-electron chi connectivity index (χ2n) is 8.03. The van der Waals surface area contributed by atoms with Crippen molar-refractivity contribution in [2.75, 3.05) is 39.8 Å². The first kappa shape index (κ1) is 23.0. The van der Waals surface area contributed by atoms with Gasteiger partial charge in [-0.05, 0) is 41.5 Å². The first-order chi connectivity index (χ1) is 16.5. The van der Waals surface area contributed by atoms with Crippen molar-refractivity contribution < 1.29 is 19.1 Å². The standard InChI is InChI=1S/C27H27N3O4/c1-34-24-9-5-8-23(18-24)27(33)30-16-14-29(15-17-30)25(31)19-28-26(32)22-12-10-21(11-13-22)20-6-3-2-4-7-20/h2-13,18H,14-17,19H2,1H3,(H,28,32). The first-order valence-corrected chi connectivity index (χ1v) is 11.2. The highest BCUT2D eigenvalue weighted by Crippen LogP contribution is 2.19. The maximum atomic E-state index is 12.7. The molecule has 0 aliphatic carbocycles. The minimum Gasteiger partial charge on any atom is -0.497 e. The lowest BCUT2D eigenvalue weighted by molar-refractivity contribution is -0.131. The van der Waals surface area contributed by atoms with Crippen LogP contribution in [0.4, 0.5) is 0 Å². The number of nitrogens with one attached hydrogen (secondary N) is 1. The van der Waals surface area contributed by atoms with Gasteiger partial charge in [0.25, 0.3) is 11.8 Å². The van der Waals surface area contributed by atoms with Crippen molar-refractivity contribution in [1.29, 1.82) is 0 Å². The quantitative estimate of drug-likeness (QED) is 0.617. The molecule has 3 aromatic rings. The fourth-order valence-corrected chi connectivity index (χ4v) is 3.91. The Morgan fingerprint density at radius 2 is 1.41 bits per heavy atom. The molecule has 0 aromatic heterocycles. The molecule has 174 valence electrons. The van der Waals surface area contributed by atoms with Crippen LogP contribution in [0.15, 0.2) is 78.9 Å². The van der Waals surface area contributed by atoms with Crippen LogP contribution < -0.4 is 10.1 Å². The summed E-state index contributed by atoms with van der Waals surface area (Å²) < 4.78 is 5.19. The minimum absolute atomic E-state index is 0.0803. The van der Waals surface area contributed by atoms with Crippen molar-refractivity contribution in [3.05, 3.63) is 90.0 Å². The highest BCUT2D eigenvalue weighted by Gasteiger charge is 2.25. The second-order valence-corrected chi connectivity index (χ2v) is 8.03. The van der Waals surface area contributed by atoms with Gasteiger partial charge in [0.2, 0.25) is 5.91 Å². The molecule has 1 N–H and O–H groups in total. The number of ether oxygens (including phenoxy) is 1. The molecule has 1 aliphatic heterocycles. The van der Waals surface area contributed by atoms with Crippen LogP contribution in [-0.4, -0.2) is 67.4 Å². The zero-order valence-electron chi connectivity index (χ0n) is 19.1. The summed E-state index contributed by atoms with van der Waals surface area (Å²) in [4.78, 5) is 41.2. The maximum Gasteiger partial charge on any atom is 0.254 e. The molecule has 0 saturated carbocycles. The number of rotatable bonds is 6. The summed E-state index contributed by atoms with van der Waals surface area (Å²) >= 11 is 0. The molecule has 0 radical (unpaired) electrons. The van der Waals surface area contributed by atoms with Gasteiger partial charge in [0, 0.05) is 37.3 Å². The van der Waals surface area contributed by atoms with Crippen molar-refractivity contribution in [1.82, 2.24) is 15.1 Å². The van der Waals surface area contributed by atoms with Crippen LogP contribution >= 0.6 is 0 Å². The number of amides is 3. The molecule has 1 heterocycles. The summed E-state index contributed by atoms with van der Waals surface area (Å²) in [6, 6.07) is 24.3. The van der Waals surface area contributed by atoms with Gasteiger partial charge >= 0.3 is 0 Å². The van der Waals surface area contributed by atoms with Crippen molar-refractivity contribution in [3.63, 3.8) is 0 Å². The van der Waals surface area contributed by atoms with E-state index in [2.05, 4.69) is 5.32 Å². The number of carbonyl (C=O) groups is 3. The van der Waals surface area contributed by atoms with Crippen molar-refractivity contribution in [3.8, 4) is 16.9 Å². The Labute approximate surface area is 198 Å². The monoisotopic (exact) mass is 457 g/mol. The van der Waals surface area contributed by atoms with Gasteiger partial charge in [-0.1, -0.05) is 48.5 Å². The Morgan fingerprint density at radius 1 is 0.765 bits per heavy atom. The molecule has 7 heteroatoms. The van der Waals surface area contributed by atoms with Gasteiger partial charge in [0.15, 0.2) is 0 Å². The Balaban J connectivity index is 1.25. The fourth-order valence-electron chi connectivity index (χ4n) is 3.91. The number of nitrogens with zero attached hydrogens (tertiary/aromatic N) is 2. The molecule has 1 fully saturated rings. The van der Waals surface area contributed by atoms with Crippen LogP contribution in [0, 0.1) is 0 Å². The lowest BCUT2D eigenvalue weighted by Crippen LogP contribution is -2.52. The molecular formula is C27H27N3O4. The van der Waals surface area contributed by atoms with E-state index in [0.29, 0.717) is 43.1 Å². The Hall–Kier alpha value is -4.13. The maximum absolute atomic E-state index is 12.7. The molecule has 0 bridgehead atoms. The van der Waals surface area contributed by atoms with E-state index in [4.69, 9.17) is 4.74 Å². The SMILES string of the molecule is COc1cccc(C(=O)N2CCN(C(=O)CNC(=O)c3ccc(-c4ccccc4)cc3)CC2)c1. The van der Waals surface area contributed by atoms with Crippen LogP contribution in [-0.2, 0) is 4.79 Å². The molecular weight excluding hydrogens is 430 g/mol. The predicted octanol–water partition coefficient (Wildman–Crippen LogP) is 3.08.